The lowest BCUT2D eigenvalue weighted by atomic mass is 9.95. The van der Waals surface area contributed by atoms with E-state index in [0.29, 0.717) is 5.33 Å². The molecule has 1 aliphatic rings. The van der Waals surface area contributed by atoms with Crippen LogP contribution in [-0.2, 0) is 10.0 Å². The zero-order chi connectivity index (χ0) is 18.1. The second-order valence-electron chi connectivity index (χ2n) is 6.00. The summed E-state index contributed by atoms with van der Waals surface area (Å²) in [6, 6.07) is 6.15. The van der Waals surface area contributed by atoms with E-state index in [1.54, 1.807) is 17.1 Å². The van der Waals surface area contributed by atoms with Gasteiger partial charge in [0.05, 0.1) is 12.0 Å². The lowest BCUT2D eigenvalue weighted by Crippen LogP contribution is -2.50. The molecule has 1 heterocycles. The van der Waals surface area contributed by atoms with E-state index in [-0.39, 0.29) is 11.7 Å². The Labute approximate surface area is 150 Å². The lowest BCUT2D eigenvalue weighted by molar-refractivity contribution is 0.215. The van der Waals surface area contributed by atoms with Crippen molar-refractivity contribution in [2.24, 2.45) is 10.9 Å². The van der Waals surface area contributed by atoms with E-state index in [0.717, 1.165) is 28.8 Å². The Kier molecular flexibility index (Phi) is 5.83. The summed E-state index contributed by atoms with van der Waals surface area (Å²) >= 11 is 3.48. The van der Waals surface area contributed by atoms with E-state index in [9.17, 15) is 12.8 Å². The minimum atomic E-state index is -3.43. The van der Waals surface area contributed by atoms with Crippen molar-refractivity contribution in [3.8, 4) is 0 Å². The molecule has 0 fully saturated rings. The maximum atomic E-state index is 13.2. The molecule has 1 aromatic rings. The van der Waals surface area contributed by atoms with E-state index in [2.05, 4.69) is 25.8 Å². The average molecular weight is 418 g/mol. The normalized spacial score (nSPS) is 19.0. The third-order valence-electron chi connectivity index (χ3n) is 3.61. The van der Waals surface area contributed by atoms with Gasteiger partial charge in [-0.05, 0) is 37.1 Å². The van der Waals surface area contributed by atoms with Crippen molar-refractivity contribution >= 4 is 31.7 Å². The number of sulfonamides is 1. The molecule has 0 saturated heterocycles. The first-order valence-electron chi connectivity index (χ1n) is 7.53. The van der Waals surface area contributed by atoms with E-state index < -0.39 is 16.2 Å². The summed E-state index contributed by atoms with van der Waals surface area (Å²) in [7, 11) is -3.43. The molecule has 1 aromatic carbocycles. The highest BCUT2D eigenvalue weighted by molar-refractivity contribution is 9.09. The monoisotopic (exact) mass is 417 g/mol. The lowest BCUT2D eigenvalue weighted by Gasteiger charge is -2.38. The predicted molar refractivity (Wildman–Crippen MR) is 97.9 cm³/mol. The van der Waals surface area contributed by atoms with Gasteiger partial charge in [-0.25, -0.2) is 12.8 Å². The molecule has 1 unspecified atom stereocenters. The van der Waals surface area contributed by atoms with E-state index >= 15 is 0 Å². The maximum absolute atomic E-state index is 13.2. The fourth-order valence-electron chi connectivity index (χ4n) is 2.71. The predicted octanol–water partition coefficient (Wildman–Crippen LogP) is 3.05. The van der Waals surface area contributed by atoms with E-state index in [1.807, 2.05) is 20.8 Å². The summed E-state index contributed by atoms with van der Waals surface area (Å²) in [5, 5.41) is 2.09. The molecule has 5 nitrogen and oxygen atoms in total. The van der Waals surface area contributed by atoms with Crippen LogP contribution in [0.15, 0.2) is 40.5 Å². The van der Waals surface area contributed by atoms with Gasteiger partial charge in [-0.15, -0.1) is 4.83 Å². The first-order chi connectivity index (χ1) is 11.1. The molecule has 0 aliphatic carbocycles. The van der Waals surface area contributed by atoms with Crippen molar-refractivity contribution in [1.29, 1.82) is 0 Å². The zero-order valence-corrected chi connectivity index (χ0v) is 16.4. The van der Waals surface area contributed by atoms with Gasteiger partial charge in [-0.1, -0.05) is 29.8 Å². The van der Waals surface area contributed by atoms with Crippen molar-refractivity contribution in [1.82, 2.24) is 9.84 Å². The molecular formula is C16H21BrFN3O2S. The Morgan fingerprint density at radius 2 is 1.92 bits per heavy atom. The van der Waals surface area contributed by atoms with Crippen LogP contribution in [0, 0.1) is 11.7 Å². The number of hydrazine groups is 1. The molecule has 1 atom stereocenters. The van der Waals surface area contributed by atoms with Crippen LogP contribution in [0.1, 0.15) is 26.3 Å². The number of aliphatic imine (C=N–C) groups is 1. The summed E-state index contributed by atoms with van der Waals surface area (Å²) in [4.78, 5) is 7.18. The van der Waals surface area contributed by atoms with Crippen LogP contribution in [0.25, 0.3) is 0 Å². The molecule has 0 spiro atoms. The van der Waals surface area contributed by atoms with E-state index in [4.69, 9.17) is 0 Å². The van der Waals surface area contributed by atoms with Crippen molar-refractivity contribution < 1.29 is 12.8 Å². The highest BCUT2D eigenvalue weighted by Crippen LogP contribution is 2.30. The number of hydrogen-bond donors (Lipinski definition) is 1. The smallest absolute Gasteiger partial charge is 0.225 e. The second kappa shape index (κ2) is 7.33. The fraction of sp³-hybridized carbons (Fsp3) is 0.438. The summed E-state index contributed by atoms with van der Waals surface area (Å²) in [6.07, 6.45) is 0.699. The third kappa shape index (κ3) is 4.23. The summed E-state index contributed by atoms with van der Waals surface area (Å²) in [5.74, 6) is -0.239. The molecule has 2 rings (SSSR count). The first kappa shape index (κ1) is 19.1. The number of nitrogens with one attached hydrogen (secondary N) is 1. The molecule has 1 N–H and O–H groups in total. The molecule has 24 heavy (non-hydrogen) atoms. The van der Waals surface area contributed by atoms with Crippen LogP contribution in [0.4, 0.5) is 4.39 Å². The van der Waals surface area contributed by atoms with E-state index in [1.165, 1.54) is 12.1 Å². The Hall–Kier alpha value is -1.25. The van der Waals surface area contributed by atoms with Crippen molar-refractivity contribution in [3.63, 3.8) is 0 Å². The molecular weight excluding hydrogens is 397 g/mol. The summed E-state index contributed by atoms with van der Waals surface area (Å²) in [5.41, 5.74) is 3.27. The number of allylic oxidation sites excluding steroid dienone is 2. The van der Waals surface area contributed by atoms with Crippen molar-refractivity contribution in [2.45, 2.75) is 26.9 Å². The van der Waals surface area contributed by atoms with Gasteiger partial charge < -0.3 is 0 Å². The van der Waals surface area contributed by atoms with Gasteiger partial charge in [0.25, 0.3) is 0 Å². The molecule has 0 bridgehead atoms. The Morgan fingerprint density at radius 3 is 2.38 bits per heavy atom. The van der Waals surface area contributed by atoms with Gasteiger partial charge in [0.15, 0.2) is 0 Å². The summed E-state index contributed by atoms with van der Waals surface area (Å²) in [6.45, 7) is 5.81. The standard InChI is InChI=1S/C16H21BrFN3O2S/c1-10(2)16-14(9-17)15(12-5-7-13(18)8-6-12)19-11(3)21(16)20-24(4,22)23/h5-8,10-11,20H,9H2,1-4H3. The van der Waals surface area contributed by atoms with Gasteiger partial charge >= 0.3 is 0 Å². The second-order valence-corrected chi connectivity index (χ2v) is 8.29. The van der Waals surface area contributed by atoms with Crippen LogP contribution in [-0.4, -0.2) is 36.9 Å². The molecule has 1 aliphatic heterocycles. The van der Waals surface area contributed by atoms with Gasteiger partial charge in [0.1, 0.15) is 12.0 Å². The van der Waals surface area contributed by atoms with Crippen molar-refractivity contribution in [2.75, 3.05) is 11.6 Å². The molecule has 0 saturated carbocycles. The van der Waals surface area contributed by atoms with Crippen LogP contribution in [0.3, 0.4) is 0 Å². The largest absolute Gasteiger partial charge is 0.274 e. The highest BCUT2D eigenvalue weighted by atomic mass is 79.9. The van der Waals surface area contributed by atoms with Crippen molar-refractivity contribution in [3.05, 3.63) is 46.9 Å². The third-order valence-corrected chi connectivity index (χ3v) is 4.70. The summed E-state index contributed by atoms with van der Waals surface area (Å²) < 4.78 is 36.7. The number of rotatable bonds is 5. The van der Waals surface area contributed by atoms with Crippen LogP contribution in [0.5, 0.6) is 0 Å². The van der Waals surface area contributed by atoms with Gasteiger partial charge in [0.2, 0.25) is 10.0 Å². The minimum Gasteiger partial charge on any atom is -0.274 e. The molecule has 8 heteroatoms. The topological polar surface area (TPSA) is 61.8 Å². The number of nitrogens with zero attached hydrogens (tertiary/aromatic N) is 2. The fourth-order valence-corrected chi connectivity index (χ4v) is 3.87. The van der Waals surface area contributed by atoms with Gasteiger partial charge in [0, 0.05) is 22.2 Å². The quantitative estimate of drug-likeness (QED) is 0.748. The van der Waals surface area contributed by atoms with Crippen LogP contribution in [0.2, 0.25) is 0 Å². The first-order valence-corrected chi connectivity index (χ1v) is 10.5. The Morgan fingerprint density at radius 1 is 1.33 bits per heavy atom. The van der Waals surface area contributed by atoms with Crippen LogP contribution < -0.4 is 4.83 Å². The number of halogens is 2. The Balaban J connectivity index is 2.58. The van der Waals surface area contributed by atoms with Gasteiger partial charge in [-0.3, -0.25) is 10.0 Å². The van der Waals surface area contributed by atoms with Gasteiger partial charge in [-0.2, -0.15) is 0 Å². The number of benzene rings is 1. The molecule has 0 aromatic heterocycles. The molecule has 0 amide bonds. The molecule has 132 valence electrons. The van der Waals surface area contributed by atoms with Crippen LogP contribution >= 0.6 is 15.9 Å². The number of hydrogen-bond acceptors (Lipinski definition) is 4. The zero-order valence-electron chi connectivity index (χ0n) is 14.0. The Bertz CT molecular complexity index is 773. The maximum Gasteiger partial charge on any atom is 0.225 e. The minimum absolute atomic E-state index is 0.0696. The molecule has 0 radical (unpaired) electrons. The SMILES string of the molecule is CC(C)C1=C(CBr)C(c2ccc(F)cc2)=NC(C)N1NS(C)(=O)=O. The average Bonchev–Trinajstić information content (AvgIpc) is 2.47. The number of alkyl halides is 1. The highest BCUT2D eigenvalue weighted by Gasteiger charge is 2.31.